The number of carbonyl (C=O) groups is 4. The second kappa shape index (κ2) is 9.38. The molecule has 3 saturated heterocycles. The van der Waals surface area contributed by atoms with Crippen LogP contribution in [0, 0.1) is 17.8 Å². The van der Waals surface area contributed by atoms with Crippen molar-refractivity contribution in [1.82, 2.24) is 20.4 Å². The van der Waals surface area contributed by atoms with Crippen molar-refractivity contribution in [3.05, 3.63) is 10.6 Å². The number of aliphatic carboxylic acids is 1. The molecule has 0 unspecified atom stereocenters. The lowest BCUT2D eigenvalue weighted by atomic mass is 9.73. The molecule has 10 heteroatoms. The second-order valence-corrected chi connectivity index (χ2v) is 11.3. The van der Waals surface area contributed by atoms with E-state index in [0.717, 1.165) is 13.1 Å². The van der Waals surface area contributed by atoms with Gasteiger partial charge in [-0.3, -0.25) is 9.59 Å². The third-order valence-electron chi connectivity index (χ3n) is 7.48. The molecule has 33 heavy (non-hydrogen) atoms. The summed E-state index contributed by atoms with van der Waals surface area (Å²) in [4.78, 5) is 53.7. The van der Waals surface area contributed by atoms with Crippen molar-refractivity contribution >= 4 is 35.3 Å². The molecular formula is C23H34N4O5S. The predicted molar refractivity (Wildman–Crippen MR) is 124 cm³/mol. The first-order valence-electron chi connectivity index (χ1n) is 11.8. The molecule has 9 nitrogen and oxygen atoms in total. The number of β-lactam (4-membered cyclic amide) rings is 1. The SMILES string of the molecule is CC(=O)C[C@H](C)[C@H]1C(=O)N2C(C(=O)O)=C(S[C@@H]3CN[C@H](C(=O)N4CCNC[C@@H]4C)C3)[C@H](C)[C@H]12. The number of fused-ring (bicyclic) bond motifs is 1. The number of carbonyl (C=O) groups excluding carboxylic acids is 3. The largest absolute Gasteiger partial charge is 0.477 e. The summed E-state index contributed by atoms with van der Waals surface area (Å²) in [7, 11) is 0. The Morgan fingerprint density at radius 1 is 1.24 bits per heavy atom. The highest BCUT2D eigenvalue weighted by Gasteiger charge is 2.60. The number of Topliss-reactive ketones (excluding diaryl/α,β-unsaturated/α-hetero) is 1. The zero-order valence-electron chi connectivity index (χ0n) is 19.7. The highest BCUT2D eigenvalue weighted by molar-refractivity contribution is 8.03. The van der Waals surface area contributed by atoms with Gasteiger partial charge in [-0.05, 0) is 26.2 Å². The molecule has 182 valence electrons. The third kappa shape index (κ3) is 4.33. The number of hydrogen-bond donors (Lipinski definition) is 3. The molecule has 3 fully saturated rings. The molecule has 4 aliphatic heterocycles. The maximum Gasteiger partial charge on any atom is 0.353 e. The summed E-state index contributed by atoms with van der Waals surface area (Å²) < 4.78 is 0. The third-order valence-corrected chi connectivity index (χ3v) is 8.99. The van der Waals surface area contributed by atoms with Crippen LogP contribution in [0.3, 0.4) is 0 Å². The summed E-state index contributed by atoms with van der Waals surface area (Å²) >= 11 is 1.50. The Labute approximate surface area is 198 Å². The number of carboxylic acids is 1. The minimum absolute atomic E-state index is 0.0342. The Morgan fingerprint density at radius 3 is 2.61 bits per heavy atom. The van der Waals surface area contributed by atoms with Crippen molar-refractivity contribution in [1.29, 1.82) is 0 Å². The Hall–Kier alpha value is -1.91. The Bertz CT molecular complexity index is 892. The summed E-state index contributed by atoms with van der Waals surface area (Å²) in [6, 6.07) is -0.330. The van der Waals surface area contributed by atoms with Crippen molar-refractivity contribution in [2.75, 3.05) is 26.2 Å². The summed E-state index contributed by atoms with van der Waals surface area (Å²) in [6.45, 7) is 10.3. The number of amides is 2. The summed E-state index contributed by atoms with van der Waals surface area (Å²) in [5.41, 5.74) is 0.0827. The minimum Gasteiger partial charge on any atom is -0.477 e. The van der Waals surface area contributed by atoms with Gasteiger partial charge in [0.25, 0.3) is 0 Å². The normalized spacial score (nSPS) is 34.8. The van der Waals surface area contributed by atoms with Crippen molar-refractivity contribution < 1.29 is 24.3 Å². The van der Waals surface area contributed by atoms with Crippen LogP contribution < -0.4 is 10.6 Å². The predicted octanol–water partition coefficient (Wildman–Crippen LogP) is 0.659. The van der Waals surface area contributed by atoms with Gasteiger partial charge in [0.2, 0.25) is 11.8 Å². The highest BCUT2D eigenvalue weighted by Crippen LogP contribution is 2.53. The molecule has 3 N–H and O–H groups in total. The average molecular weight is 479 g/mol. The number of ketones is 1. The lowest BCUT2D eigenvalue weighted by molar-refractivity contribution is -0.160. The molecular weight excluding hydrogens is 444 g/mol. The number of piperazine rings is 1. The van der Waals surface area contributed by atoms with Crippen molar-refractivity contribution in [3.8, 4) is 0 Å². The van der Waals surface area contributed by atoms with E-state index in [1.165, 1.54) is 23.6 Å². The van der Waals surface area contributed by atoms with Gasteiger partial charge in [0.15, 0.2) is 0 Å². The average Bonchev–Trinajstić information content (AvgIpc) is 3.30. The molecule has 4 rings (SSSR count). The van der Waals surface area contributed by atoms with Crippen LogP contribution in [0.1, 0.15) is 40.5 Å². The number of hydrogen-bond acceptors (Lipinski definition) is 7. The van der Waals surface area contributed by atoms with Gasteiger partial charge in [-0.2, -0.15) is 0 Å². The second-order valence-electron chi connectivity index (χ2n) is 9.94. The fourth-order valence-corrected chi connectivity index (χ4v) is 7.36. The number of thioether (sulfide) groups is 1. The van der Waals surface area contributed by atoms with E-state index in [0.29, 0.717) is 30.8 Å². The van der Waals surface area contributed by atoms with Crippen molar-refractivity contribution in [2.45, 2.75) is 63.9 Å². The van der Waals surface area contributed by atoms with E-state index in [2.05, 4.69) is 10.6 Å². The maximum atomic E-state index is 13.0. The monoisotopic (exact) mass is 478 g/mol. The van der Waals surface area contributed by atoms with Crippen LogP contribution in [0.4, 0.5) is 0 Å². The topological polar surface area (TPSA) is 119 Å². The summed E-state index contributed by atoms with van der Waals surface area (Å²) in [6.07, 6.45) is 0.950. The van der Waals surface area contributed by atoms with E-state index in [1.54, 1.807) is 0 Å². The minimum atomic E-state index is -1.09. The molecule has 4 heterocycles. The number of rotatable bonds is 7. The van der Waals surface area contributed by atoms with E-state index in [1.807, 2.05) is 25.7 Å². The van der Waals surface area contributed by atoms with Gasteiger partial charge >= 0.3 is 5.97 Å². The van der Waals surface area contributed by atoms with E-state index in [-0.39, 0.29) is 64.4 Å². The number of carboxylic acid groups (broad SMARTS) is 1. The van der Waals surface area contributed by atoms with E-state index in [9.17, 15) is 24.3 Å². The van der Waals surface area contributed by atoms with Crippen LogP contribution in [0.5, 0.6) is 0 Å². The van der Waals surface area contributed by atoms with Crippen LogP contribution in [0.25, 0.3) is 0 Å². The van der Waals surface area contributed by atoms with Gasteiger partial charge in [-0.15, -0.1) is 11.8 Å². The molecule has 0 aliphatic carbocycles. The quantitative estimate of drug-likeness (QED) is 0.457. The molecule has 0 radical (unpaired) electrons. The van der Waals surface area contributed by atoms with Crippen LogP contribution in [0.15, 0.2) is 10.6 Å². The van der Waals surface area contributed by atoms with Crippen LogP contribution in [0.2, 0.25) is 0 Å². The number of nitrogens with zero attached hydrogens (tertiary/aromatic N) is 2. The molecule has 0 aromatic heterocycles. The first kappa shape index (κ1) is 24.2. The molecule has 2 amide bonds. The lowest BCUT2D eigenvalue weighted by Crippen LogP contribution is -2.62. The first-order chi connectivity index (χ1) is 15.6. The standard InChI is InChI=1S/C23H34N4O5S/c1-11(7-13(3)28)17-18-14(4)20(19(23(31)32)27(18)22(17)30)33-15-8-16(25-10-15)21(29)26-6-5-24-9-12(26)2/h11-12,14-18,24-25H,5-10H2,1-4H3,(H,31,32)/t11-,12-,14+,15-,16-,17+,18+/m0/s1. The summed E-state index contributed by atoms with van der Waals surface area (Å²) in [5.74, 6) is -1.70. The Balaban J connectivity index is 1.45. The van der Waals surface area contributed by atoms with Crippen LogP contribution >= 0.6 is 11.8 Å². The lowest BCUT2D eigenvalue weighted by Gasteiger charge is -2.47. The maximum absolute atomic E-state index is 13.0. The molecule has 0 saturated carbocycles. The molecule has 4 aliphatic rings. The smallest absolute Gasteiger partial charge is 0.353 e. The zero-order chi connectivity index (χ0) is 24.0. The molecule has 0 spiro atoms. The van der Waals surface area contributed by atoms with Crippen LogP contribution in [-0.2, 0) is 19.2 Å². The molecule has 0 aromatic carbocycles. The van der Waals surface area contributed by atoms with Gasteiger partial charge in [0.05, 0.1) is 18.0 Å². The fraction of sp³-hybridized carbons (Fsp3) is 0.739. The van der Waals surface area contributed by atoms with Gasteiger partial charge in [0, 0.05) is 54.7 Å². The molecule has 7 atom stereocenters. The van der Waals surface area contributed by atoms with Gasteiger partial charge in [-0.1, -0.05) is 13.8 Å². The zero-order valence-corrected chi connectivity index (χ0v) is 20.5. The first-order valence-corrected chi connectivity index (χ1v) is 12.7. The Morgan fingerprint density at radius 2 is 1.97 bits per heavy atom. The van der Waals surface area contributed by atoms with Crippen molar-refractivity contribution in [3.63, 3.8) is 0 Å². The molecule has 0 aromatic rings. The van der Waals surface area contributed by atoms with Gasteiger partial charge in [0.1, 0.15) is 11.5 Å². The number of nitrogens with one attached hydrogen (secondary N) is 2. The van der Waals surface area contributed by atoms with Gasteiger partial charge in [-0.25, -0.2) is 4.79 Å². The van der Waals surface area contributed by atoms with E-state index >= 15 is 0 Å². The van der Waals surface area contributed by atoms with Crippen molar-refractivity contribution in [2.24, 2.45) is 17.8 Å². The highest BCUT2D eigenvalue weighted by atomic mass is 32.2. The van der Waals surface area contributed by atoms with E-state index in [4.69, 9.17) is 0 Å². The fourth-order valence-electron chi connectivity index (χ4n) is 5.88. The van der Waals surface area contributed by atoms with E-state index < -0.39 is 5.97 Å². The Kier molecular flexibility index (Phi) is 6.89. The van der Waals surface area contributed by atoms with Gasteiger partial charge < -0.3 is 30.3 Å². The molecule has 0 bridgehead atoms. The summed E-state index contributed by atoms with van der Waals surface area (Å²) in [5, 5.41) is 16.6. The van der Waals surface area contributed by atoms with Crippen LogP contribution in [-0.4, -0.2) is 88.0 Å².